The normalized spacial score (nSPS) is 13.9. The van der Waals surface area contributed by atoms with Crippen LogP contribution in [0.4, 0.5) is 0 Å². The van der Waals surface area contributed by atoms with E-state index < -0.39 is 18.2 Å². The smallest absolute Gasteiger partial charge is 0.306 e. The highest BCUT2D eigenvalue weighted by Crippen LogP contribution is 2.16. The van der Waals surface area contributed by atoms with E-state index in [2.05, 4.69) is 74.7 Å². The van der Waals surface area contributed by atoms with Gasteiger partial charge >= 0.3 is 5.97 Å². The summed E-state index contributed by atoms with van der Waals surface area (Å²) in [6, 6.07) is -0.714. The van der Waals surface area contributed by atoms with Gasteiger partial charge in [0.25, 0.3) is 0 Å². The van der Waals surface area contributed by atoms with Crippen LogP contribution < -0.4 is 5.32 Å². The molecule has 0 rings (SSSR count). The van der Waals surface area contributed by atoms with Crippen LogP contribution in [0.15, 0.2) is 48.6 Å². The van der Waals surface area contributed by atoms with Crippen LogP contribution in [0.3, 0.4) is 0 Å². The molecule has 6 heteroatoms. The number of esters is 1. The van der Waals surface area contributed by atoms with Crippen LogP contribution in [0.2, 0.25) is 0 Å². The summed E-state index contributed by atoms with van der Waals surface area (Å²) in [6.07, 6.45) is 44.6. The van der Waals surface area contributed by atoms with E-state index in [4.69, 9.17) is 4.74 Å². The van der Waals surface area contributed by atoms with Gasteiger partial charge in [-0.3, -0.25) is 9.59 Å². The fourth-order valence-corrected chi connectivity index (χ4v) is 6.19. The molecule has 0 fully saturated rings. The van der Waals surface area contributed by atoms with Gasteiger partial charge in [0.15, 0.2) is 0 Å². The van der Waals surface area contributed by atoms with Gasteiger partial charge in [0, 0.05) is 6.42 Å². The van der Waals surface area contributed by atoms with Crippen molar-refractivity contribution >= 4 is 11.9 Å². The van der Waals surface area contributed by atoms with Gasteiger partial charge in [0.1, 0.15) is 6.10 Å². The molecule has 51 heavy (non-hydrogen) atoms. The van der Waals surface area contributed by atoms with Crippen molar-refractivity contribution in [2.75, 3.05) is 6.61 Å². The molecule has 0 spiro atoms. The Morgan fingerprint density at radius 2 is 1.06 bits per heavy atom. The molecule has 0 bridgehead atoms. The molecule has 0 aliphatic heterocycles. The number of hydrogen-bond donors (Lipinski definition) is 3. The van der Waals surface area contributed by atoms with Crippen molar-refractivity contribution in [3.63, 3.8) is 0 Å². The summed E-state index contributed by atoms with van der Waals surface area (Å²) >= 11 is 0. The highest BCUT2D eigenvalue weighted by Gasteiger charge is 2.23. The number of rotatable bonds is 37. The lowest BCUT2D eigenvalue weighted by atomic mass is 10.0. The maximum atomic E-state index is 13.1. The average molecular weight is 716 g/mol. The zero-order valence-electron chi connectivity index (χ0n) is 33.5. The Bertz CT molecular complexity index is 895. The minimum Gasteiger partial charge on any atom is -0.462 e. The maximum absolute atomic E-state index is 13.1. The van der Waals surface area contributed by atoms with Crippen molar-refractivity contribution in [2.24, 2.45) is 0 Å². The molecule has 3 N–H and O–H groups in total. The zero-order valence-corrected chi connectivity index (χ0v) is 33.5. The lowest BCUT2D eigenvalue weighted by Gasteiger charge is -2.24. The molecular formula is C45H81NO5. The topological polar surface area (TPSA) is 95.9 Å². The predicted octanol–water partition coefficient (Wildman–Crippen LogP) is 11.9. The third kappa shape index (κ3) is 34.7. The van der Waals surface area contributed by atoms with Gasteiger partial charge in [-0.25, -0.2) is 0 Å². The third-order valence-electron chi connectivity index (χ3n) is 9.42. The van der Waals surface area contributed by atoms with Gasteiger partial charge < -0.3 is 20.3 Å². The SMILES string of the molecule is CC/C=C/C/C=C/C/C=C/C/C=C/CCCC(CC(=O)NC(CO)C(O)CCCCCCCCCCC)OC(=O)CCCCCCCCCCC. The van der Waals surface area contributed by atoms with Crippen molar-refractivity contribution < 1.29 is 24.5 Å². The highest BCUT2D eigenvalue weighted by molar-refractivity contribution is 5.77. The first-order valence-corrected chi connectivity index (χ1v) is 21.4. The summed E-state index contributed by atoms with van der Waals surface area (Å²) in [7, 11) is 0. The fourth-order valence-electron chi connectivity index (χ4n) is 6.19. The van der Waals surface area contributed by atoms with E-state index in [1.54, 1.807) is 0 Å². The second kappa shape index (κ2) is 39.0. The molecule has 1 amide bonds. The Morgan fingerprint density at radius 1 is 0.588 bits per heavy atom. The van der Waals surface area contributed by atoms with Crippen LogP contribution in [0.1, 0.15) is 201 Å². The standard InChI is InChI=1S/C45H81NO5/c1-4-7-10-13-16-19-20-21-22-23-26-27-30-33-36-41(51-45(50)38-35-32-29-25-18-15-12-9-6-3)39-44(49)46-42(40-47)43(48)37-34-31-28-24-17-14-11-8-5-2/h7,10,16,19,21-22,26-27,41-43,47-48H,4-6,8-9,11-15,17-18,20,23-25,28-40H2,1-3H3,(H,46,49)/b10-7+,19-16+,22-21+,27-26+. The summed E-state index contributed by atoms with van der Waals surface area (Å²) in [4.78, 5) is 25.8. The van der Waals surface area contributed by atoms with Crippen LogP contribution in [0.5, 0.6) is 0 Å². The summed E-state index contributed by atoms with van der Waals surface area (Å²) in [5.41, 5.74) is 0. The molecule has 296 valence electrons. The second-order valence-electron chi connectivity index (χ2n) is 14.4. The van der Waals surface area contributed by atoms with Crippen LogP contribution in [0, 0.1) is 0 Å². The summed E-state index contributed by atoms with van der Waals surface area (Å²) in [6.45, 7) is 6.29. The third-order valence-corrected chi connectivity index (χ3v) is 9.42. The number of ether oxygens (including phenoxy) is 1. The molecule has 0 heterocycles. The Morgan fingerprint density at radius 3 is 1.57 bits per heavy atom. The van der Waals surface area contributed by atoms with Crippen molar-refractivity contribution in [1.29, 1.82) is 0 Å². The van der Waals surface area contributed by atoms with Crippen molar-refractivity contribution in [1.82, 2.24) is 5.32 Å². The van der Waals surface area contributed by atoms with Crippen molar-refractivity contribution in [3.05, 3.63) is 48.6 Å². The first-order chi connectivity index (χ1) is 25.0. The number of aliphatic hydroxyl groups is 2. The van der Waals surface area contributed by atoms with Gasteiger partial charge in [0.05, 0.1) is 25.2 Å². The molecule has 3 atom stereocenters. The number of carbonyl (C=O) groups is 2. The van der Waals surface area contributed by atoms with Crippen LogP contribution in [-0.2, 0) is 14.3 Å². The minimum absolute atomic E-state index is 0.0406. The Labute approximate surface area is 315 Å². The van der Waals surface area contributed by atoms with E-state index in [1.807, 2.05) is 0 Å². The Kier molecular flexibility index (Phi) is 37.4. The molecule has 0 aliphatic carbocycles. The van der Waals surface area contributed by atoms with Gasteiger partial charge in [0.2, 0.25) is 5.91 Å². The van der Waals surface area contributed by atoms with E-state index in [-0.39, 0.29) is 24.9 Å². The van der Waals surface area contributed by atoms with E-state index in [0.29, 0.717) is 19.3 Å². The lowest BCUT2D eigenvalue weighted by Crippen LogP contribution is -2.46. The molecular weight excluding hydrogens is 634 g/mol. The van der Waals surface area contributed by atoms with Crippen LogP contribution in [0.25, 0.3) is 0 Å². The molecule has 0 aromatic carbocycles. The van der Waals surface area contributed by atoms with Gasteiger partial charge in [-0.2, -0.15) is 0 Å². The second-order valence-corrected chi connectivity index (χ2v) is 14.4. The largest absolute Gasteiger partial charge is 0.462 e. The van der Waals surface area contributed by atoms with Crippen LogP contribution >= 0.6 is 0 Å². The Hall–Kier alpha value is -2.18. The number of allylic oxidation sites excluding steroid dienone is 8. The number of hydrogen-bond acceptors (Lipinski definition) is 5. The van der Waals surface area contributed by atoms with E-state index in [0.717, 1.165) is 77.0 Å². The average Bonchev–Trinajstić information content (AvgIpc) is 3.12. The minimum atomic E-state index is -0.797. The van der Waals surface area contributed by atoms with Crippen LogP contribution in [-0.4, -0.2) is 46.9 Å². The van der Waals surface area contributed by atoms with Crippen molar-refractivity contribution in [2.45, 2.75) is 219 Å². The predicted molar refractivity (Wildman–Crippen MR) is 218 cm³/mol. The van der Waals surface area contributed by atoms with Gasteiger partial charge in [-0.15, -0.1) is 0 Å². The van der Waals surface area contributed by atoms with E-state index >= 15 is 0 Å². The molecule has 0 saturated carbocycles. The molecule has 0 saturated heterocycles. The molecule has 0 aromatic heterocycles. The molecule has 0 aromatic rings. The summed E-state index contributed by atoms with van der Waals surface area (Å²) < 4.78 is 5.84. The van der Waals surface area contributed by atoms with Gasteiger partial charge in [-0.05, 0) is 57.8 Å². The fraction of sp³-hybridized carbons (Fsp3) is 0.778. The number of aliphatic hydroxyl groups excluding tert-OH is 2. The monoisotopic (exact) mass is 716 g/mol. The quantitative estimate of drug-likeness (QED) is 0.0338. The molecule has 6 nitrogen and oxygen atoms in total. The number of carbonyl (C=O) groups excluding carboxylic acids is 2. The number of nitrogens with one attached hydrogen (secondary N) is 1. The van der Waals surface area contributed by atoms with E-state index in [1.165, 1.54) is 77.0 Å². The van der Waals surface area contributed by atoms with Crippen molar-refractivity contribution in [3.8, 4) is 0 Å². The zero-order chi connectivity index (χ0) is 37.5. The highest BCUT2D eigenvalue weighted by atomic mass is 16.5. The summed E-state index contributed by atoms with van der Waals surface area (Å²) in [5, 5.41) is 23.5. The first kappa shape index (κ1) is 48.8. The maximum Gasteiger partial charge on any atom is 0.306 e. The molecule has 3 unspecified atom stereocenters. The summed E-state index contributed by atoms with van der Waals surface area (Å²) in [5.74, 6) is -0.534. The van der Waals surface area contributed by atoms with Gasteiger partial charge in [-0.1, -0.05) is 179 Å². The van der Waals surface area contributed by atoms with E-state index in [9.17, 15) is 19.8 Å². The number of amides is 1. The lowest BCUT2D eigenvalue weighted by molar-refractivity contribution is -0.151. The first-order valence-electron chi connectivity index (χ1n) is 21.4. The Balaban J connectivity index is 4.72. The number of unbranched alkanes of at least 4 members (excludes halogenated alkanes) is 17. The molecule has 0 aliphatic rings. The molecule has 0 radical (unpaired) electrons.